The highest BCUT2D eigenvalue weighted by molar-refractivity contribution is 6.04. The summed E-state index contributed by atoms with van der Waals surface area (Å²) in [5.41, 5.74) is 5.14. The molecule has 1 atom stereocenters. The fourth-order valence-corrected chi connectivity index (χ4v) is 2.84. The van der Waals surface area contributed by atoms with E-state index in [1.807, 2.05) is 17.0 Å². The number of hydrogen-bond acceptors (Lipinski definition) is 5. The van der Waals surface area contributed by atoms with Crippen molar-refractivity contribution in [2.75, 3.05) is 11.5 Å². The second kappa shape index (κ2) is 6.16. The van der Waals surface area contributed by atoms with E-state index in [0.29, 0.717) is 0 Å². The molecule has 112 valence electrons. The van der Waals surface area contributed by atoms with Crippen molar-refractivity contribution in [1.29, 1.82) is 0 Å². The number of benzene rings is 1. The van der Waals surface area contributed by atoms with Gasteiger partial charge in [-0.2, -0.15) is 5.10 Å². The summed E-state index contributed by atoms with van der Waals surface area (Å²) in [6, 6.07) is 6.11. The minimum atomic E-state index is -0.379. The number of rotatable bonds is 6. The number of nitrogens with one attached hydrogen (secondary N) is 1. The number of ether oxygens (including phenoxy) is 1. The van der Waals surface area contributed by atoms with E-state index in [0.717, 1.165) is 49.4 Å². The van der Waals surface area contributed by atoms with Crippen LogP contribution in [-0.4, -0.2) is 24.9 Å². The molecule has 2 aliphatic rings. The number of aryl methyl sites for hydroxylation is 1. The van der Waals surface area contributed by atoms with E-state index in [4.69, 9.17) is 4.74 Å². The first-order valence-electron chi connectivity index (χ1n) is 7.66. The minimum absolute atomic E-state index is 0.379. The smallest absolute Gasteiger partial charge is 0.177 e. The summed E-state index contributed by atoms with van der Waals surface area (Å²) >= 11 is 0. The van der Waals surface area contributed by atoms with Gasteiger partial charge in [-0.3, -0.25) is 15.1 Å². The zero-order valence-corrected chi connectivity index (χ0v) is 12.3. The van der Waals surface area contributed by atoms with Crippen LogP contribution in [-0.2, 0) is 11.2 Å². The molecule has 1 N–H and O–H groups in total. The molecule has 0 amide bonds. The third kappa shape index (κ3) is 2.73. The molecule has 0 spiro atoms. The van der Waals surface area contributed by atoms with Crippen molar-refractivity contribution in [3.63, 3.8) is 0 Å². The molecule has 0 fully saturated rings. The van der Waals surface area contributed by atoms with Gasteiger partial charge in [0.2, 0.25) is 0 Å². The molecule has 1 aromatic rings. The minimum Gasteiger partial charge on any atom is -0.494 e. The first-order chi connectivity index (χ1) is 10.3. The average molecular weight is 287 g/mol. The molecule has 0 bridgehead atoms. The predicted octanol–water partition coefficient (Wildman–Crippen LogP) is 2.45. The standard InChI is InChI=1S/C16H21N3O2/c1-2-3-4-9-21-13-6-7-14-12(10-13)5-8-15-17-18-16(11-20)19(14)15/h6-7,10-11,16,18H,2-5,8-9H2,1H3. The van der Waals surface area contributed by atoms with Crippen LogP contribution in [0.1, 0.15) is 38.2 Å². The van der Waals surface area contributed by atoms with Crippen LogP contribution < -0.4 is 15.1 Å². The molecule has 3 rings (SSSR count). The van der Waals surface area contributed by atoms with E-state index in [9.17, 15) is 4.79 Å². The van der Waals surface area contributed by atoms with Crippen molar-refractivity contribution in [2.24, 2.45) is 5.10 Å². The highest BCUT2D eigenvalue weighted by Gasteiger charge is 2.33. The molecule has 5 heteroatoms. The highest BCUT2D eigenvalue weighted by atomic mass is 16.5. The number of unbranched alkanes of at least 4 members (excludes halogenated alkanes) is 2. The zero-order chi connectivity index (χ0) is 14.7. The molecule has 0 saturated carbocycles. The summed E-state index contributed by atoms with van der Waals surface area (Å²) in [5, 5.41) is 4.23. The SMILES string of the molecule is CCCCCOc1ccc2c(c1)CCC1=NNC(C=O)N12. The summed E-state index contributed by atoms with van der Waals surface area (Å²) < 4.78 is 5.80. The van der Waals surface area contributed by atoms with Gasteiger partial charge < -0.3 is 4.74 Å². The number of anilines is 1. The van der Waals surface area contributed by atoms with Crippen molar-refractivity contribution >= 4 is 17.8 Å². The lowest BCUT2D eigenvalue weighted by molar-refractivity contribution is -0.109. The molecule has 21 heavy (non-hydrogen) atoms. The number of carbonyl (C=O) groups is 1. The largest absolute Gasteiger partial charge is 0.494 e. The number of carbonyl (C=O) groups excluding carboxylic acids is 1. The Morgan fingerprint density at radius 1 is 1.43 bits per heavy atom. The monoisotopic (exact) mass is 287 g/mol. The number of amidine groups is 1. The molecule has 0 radical (unpaired) electrons. The predicted molar refractivity (Wildman–Crippen MR) is 82.7 cm³/mol. The maximum absolute atomic E-state index is 11.1. The van der Waals surface area contributed by atoms with Crippen LogP contribution in [0.15, 0.2) is 23.3 Å². The van der Waals surface area contributed by atoms with Gasteiger partial charge in [0.05, 0.1) is 6.61 Å². The normalized spacial score (nSPS) is 19.4. The van der Waals surface area contributed by atoms with Crippen molar-refractivity contribution in [3.8, 4) is 5.75 Å². The van der Waals surface area contributed by atoms with Gasteiger partial charge in [-0.25, -0.2) is 0 Å². The van der Waals surface area contributed by atoms with Crippen LogP contribution in [0.2, 0.25) is 0 Å². The Balaban J connectivity index is 1.74. The van der Waals surface area contributed by atoms with Gasteiger partial charge >= 0.3 is 0 Å². The maximum atomic E-state index is 11.1. The number of nitrogens with zero attached hydrogens (tertiary/aromatic N) is 2. The van der Waals surface area contributed by atoms with Crippen LogP contribution in [0.4, 0.5) is 5.69 Å². The van der Waals surface area contributed by atoms with Gasteiger partial charge in [0.15, 0.2) is 12.5 Å². The Labute approximate surface area is 125 Å². The van der Waals surface area contributed by atoms with Gasteiger partial charge in [0.25, 0.3) is 0 Å². The van der Waals surface area contributed by atoms with Crippen LogP contribution in [0, 0.1) is 0 Å². The molecule has 2 heterocycles. The first-order valence-corrected chi connectivity index (χ1v) is 7.66. The third-order valence-corrected chi connectivity index (χ3v) is 3.96. The van der Waals surface area contributed by atoms with Gasteiger partial charge in [-0.15, -0.1) is 0 Å². The quantitative estimate of drug-likeness (QED) is 0.645. The van der Waals surface area contributed by atoms with Crippen molar-refractivity contribution in [3.05, 3.63) is 23.8 Å². The maximum Gasteiger partial charge on any atom is 0.177 e. The van der Waals surface area contributed by atoms with E-state index in [2.05, 4.69) is 23.5 Å². The molecular weight excluding hydrogens is 266 g/mol. The molecular formula is C16H21N3O2. The Bertz CT molecular complexity index is 556. The second-order valence-electron chi connectivity index (χ2n) is 5.45. The molecule has 1 aromatic carbocycles. The molecule has 5 nitrogen and oxygen atoms in total. The van der Waals surface area contributed by atoms with Gasteiger partial charge in [0.1, 0.15) is 11.6 Å². The lowest BCUT2D eigenvalue weighted by Crippen LogP contribution is -2.43. The van der Waals surface area contributed by atoms with Gasteiger partial charge in [-0.1, -0.05) is 19.8 Å². The molecule has 0 aromatic heterocycles. The topological polar surface area (TPSA) is 53.9 Å². The van der Waals surface area contributed by atoms with E-state index in [-0.39, 0.29) is 6.17 Å². The molecule has 2 aliphatic heterocycles. The van der Waals surface area contributed by atoms with Crippen molar-refractivity contribution < 1.29 is 9.53 Å². The molecule has 0 aliphatic carbocycles. The molecule has 0 saturated heterocycles. The Kier molecular flexibility index (Phi) is 4.08. The van der Waals surface area contributed by atoms with E-state index in [1.165, 1.54) is 18.4 Å². The van der Waals surface area contributed by atoms with Crippen LogP contribution in [0.25, 0.3) is 0 Å². The van der Waals surface area contributed by atoms with Crippen LogP contribution in [0.5, 0.6) is 5.75 Å². The Hall–Kier alpha value is -2.04. The number of hydrogen-bond donors (Lipinski definition) is 1. The first kappa shape index (κ1) is 13.9. The lowest BCUT2D eigenvalue weighted by atomic mass is 10.0. The Morgan fingerprint density at radius 2 is 2.33 bits per heavy atom. The zero-order valence-electron chi connectivity index (χ0n) is 12.3. The lowest BCUT2D eigenvalue weighted by Gasteiger charge is -2.30. The second-order valence-corrected chi connectivity index (χ2v) is 5.45. The van der Waals surface area contributed by atoms with E-state index >= 15 is 0 Å². The fraction of sp³-hybridized carbons (Fsp3) is 0.500. The fourth-order valence-electron chi connectivity index (χ4n) is 2.84. The van der Waals surface area contributed by atoms with Gasteiger partial charge in [-0.05, 0) is 36.6 Å². The summed E-state index contributed by atoms with van der Waals surface area (Å²) in [5.74, 6) is 1.86. The van der Waals surface area contributed by atoms with Gasteiger partial charge in [0, 0.05) is 12.1 Å². The van der Waals surface area contributed by atoms with Crippen molar-refractivity contribution in [2.45, 2.75) is 45.2 Å². The third-order valence-electron chi connectivity index (χ3n) is 3.96. The summed E-state index contributed by atoms with van der Waals surface area (Å²) in [4.78, 5) is 13.1. The molecule has 1 unspecified atom stereocenters. The van der Waals surface area contributed by atoms with Crippen LogP contribution in [0.3, 0.4) is 0 Å². The van der Waals surface area contributed by atoms with E-state index < -0.39 is 0 Å². The summed E-state index contributed by atoms with van der Waals surface area (Å²) in [7, 11) is 0. The number of aldehydes is 1. The highest BCUT2D eigenvalue weighted by Crippen LogP contribution is 2.33. The van der Waals surface area contributed by atoms with Crippen molar-refractivity contribution in [1.82, 2.24) is 5.43 Å². The summed E-state index contributed by atoms with van der Waals surface area (Å²) in [6.07, 6.45) is 5.79. The van der Waals surface area contributed by atoms with E-state index in [1.54, 1.807) is 0 Å². The Morgan fingerprint density at radius 3 is 3.14 bits per heavy atom. The average Bonchev–Trinajstić information content (AvgIpc) is 2.95. The number of hydrazone groups is 1. The summed E-state index contributed by atoms with van der Waals surface area (Å²) in [6.45, 7) is 2.95. The number of fused-ring (bicyclic) bond motifs is 3. The van der Waals surface area contributed by atoms with Crippen LogP contribution >= 0.6 is 0 Å².